The lowest BCUT2D eigenvalue weighted by Gasteiger charge is -2.34. The zero-order chi connectivity index (χ0) is 37.1. The lowest BCUT2D eigenvalue weighted by Crippen LogP contribution is -2.55. The number of carbonyl (C=O) groups is 3. The second-order valence-corrected chi connectivity index (χ2v) is 13.8. The van der Waals surface area contributed by atoms with Crippen molar-refractivity contribution in [2.75, 3.05) is 41.0 Å². The number of hydrogen-bond donors (Lipinski definition) is 0. The first-order valence-corrected chi connectivity index (χ1v) is 19.3. The number of rotatable bonds is 33. The van der Waals surface area contributed by atoms with Crippen molar-refractivity contribution in [2.24, 2.45) is 0 Å². The van der Waals surface area contributed by atoms with E-state index in [-0.39, 0.29) is 49.1 Å². The molecule has 286 valence electrons. The largest absolute Gasteiger partial charge is 0.544 e. The van der Waals surface area contributed by atoms with E-state index in [2.05, 4.69) is 68.5 Å². The quantitative estimate of drug-likeness (QED) is 0.0293. The molecule has 0 amide bonds. The molecule has 0 bridgehead atoms. The predicted octanol–water partition coefficient (Wildman–Crippen LogP) is 8.52. The van der Waals surface area contributed by atoms with Gasteiger partial charge in [-0.3, -0.25) is 9.59 Å². The Morgan fingerprint density at radius 2 is 1.16 bits per heavy atom. The lowest BCUT2D eigenvalue weighted by molar-refractivity contribution is -0.889. The van der Waals surface area contributed by atoms with Crippen LogP contribution in [0.2, 0.25) is 0 Å². The number of aliphatic carboxylic acids is 1. The van der Waals surface area contributed by atoms with Crippen LogP contribution in [0.3, 0.4) is 0 Å². The van der Waals surface area contributed by atoms with Crippen molar-refractivity contribution in [3.63, 3.8) is 0 Å². The molecule has 0 aliphatic heterocycles. The molecule has 0 fully saturated rings. The molecular weight excluding hydrogens is 630 g/mol. The van der Waals surface area contributed by atoms with Crippen LogP contribution in [0, 0.1) is 0 Å². The summed E-state index contributed by atoms with van der Waals surface area (Å²) in [5, 5.41) is 11.5. The first-order valence-electron chi connectivity index (χ1n) is 19.3. The van der Waals surface area contributed by atoms with Crippen LogP contribution in [-0.2, 0) is 28.6 Å². The van der Waals surface area contributed by atoms with E-state index in [1.54, 1.807) is 21.1 Å². The normalized spacial score (nSPS) is 13.7. The molecule has 0 heterocycles. The molecular formula is C42H71NO7. The van der Waals surface area contributed by atoms with Gasteiger partial charge in [-0.15, -0.1) is 0 Å². The Morgan fingerprint density at radius 3 is 1.76 bits per heavy atom. The number of carboxylic acids is 1. The van der Waals surface area contributed by atoms with Crippen molar-refractivity contribution in [1.29, 1.82) is 0 Å². The van der Waals surface area contributed by atoms with Gasteiger partial charge >= 0.3 is 11.9 Å². The highest BCUT2D eigenvalue weighted by atomic mass is 16.6. The van der Waals surface area contributed by atoms with E-state index >= 15 is 0 Å². The third-order valence-corrected chi connectivity index (χ3v) is 8.15. The van der Waals surface area contributed by atoms with Gasteiger partial charge in [-0.25, -0.2) is 0 Å². The fourth-order valence-electron chi connectivity index (χ4n) is 5.14. The summed E-state index contributed by atoms with van der Waals surface area (Å²) in [6.07, 6.45) is 38.5. The summed E-state index contributed by atoms with van der Waals surface area (Å²) in [6, 6.07) is -0.733. The number of likely N-dealkylation sites (N-methyl/N-ethyl adjacent to an activating group) is 1. The summed E-state index contributed by atoms with van der Waals surface area (Å²) < 4.78 is 17.0. The van der Waals surface area contributed by atoms with Gasteiger partial charge in [0.05, 0.1) is 40.3 Å². The van der Waals surface area contributed by atoms with Gasteiger partial charge in [-0.1, -0.05) is 113 Å². The van der Waals surface area contributed by atoms with Crippen LogP contribution in [0.4, 0.5) is 0 Å². The first kappa shape index (κ1) is 47.0. The van der Waals surface area contributed by atoms with Gasteiger partial charge in [0.2, 0.25) is 0 Å². The molecule has 2 unspecified atom stereocenters. The second kappa shape index (κ2) is 33.2. The zero-order valence-electron chi connectivity index (χ0n) is 32.3. The summed E-state index contributed by atoms with van der Waals surface area (Å²) in [5.41, 5.74) is 0. The Hall–Kier alpha value is -2.97. The molecule has 50 heavy (non-hydrogen) atoms. The van der Waals surface area contributed by atoms with Gasteiger partial charge in [0.25, 0.3) is 0 Å². The highest BCUT2D eigenvalue weighted by Crippen LogP contribution is 2.12. The molecule has 0 aromatic carbocycles. The molecule has 0 radical (unpaired) electrons. The minimum Gasteiger partial charge on any atom is -0.544 e. The van der Waals surface area contributed by atoms with E-state index in [4.69, 9.17) is 14.2 Å². The minimum atomic E-state index is -1.14. The number of ether oxygens (including phenoxy) is 3. The number of quaternary nitrogens is 1. The summed E-state index contributed by atoms with van der Waals surface area (Å²) in [5.74, 6) is -1.83. The van der Waals surface area contributed by atoms with E-state index in [0.29, 0.717) is 12.8 Å². The average molecular weight is 702 g/mol. The lowest BCUT2D eigenvalue weighted by atomic mass is 10.1. The van der Waals surface area contributed by atoms with Crippen LogP contribution in [0.25, 0.3) is 0 Å². The van der Waals surface area contributed by atoms with Crippen molar-refractivity contribution in [3.05, 3.63) is 60.8 Å². The Labute approximate surface area is 305 Å². The predicted molar refractivity (Wildman–Crippen MR) is 203 cm³/mol. The van der Waals surface area contributed by atoms with Crippen LogP contribution in [0.15, 0.2) is 60.8 Å². The van der Waals surface area contributed by atoms with E-state index < -0.39 is 18.1 Å². The number of hydrogen-bond acceptors (Lipinski definition) is 7. The number of nitrogens with zero attached hydrogens (tertiary/aromatic N) is 1. The van der Waals surface area contributed by atoms with Gasteiger partial charge in [0.1, 0.15) is 12.6 Å². The van der Waals surface area contributed by atoms with Gasteiger partial charge in [-0.2, -0.15) is 0 Å². The SMILES string of the molecule is CC/C=C/C/C=C/C/C=C/C/C=C/CCCCCCCCC(=O)OCC(COCCC(C(=O)[O-])[N+](C)(C)C)OC(=O)CC/C=C/CCCCC. The monoisotopic (exact) mass is 702 g/mol. The molecule has 0 rings (SSSR count). The topological polar surface area (TPSA) is 102 Å². The molecule has 0 aliphatic carbocycles. The fourth-order valence-corrected chi connectivity index (χ4v) is 5.14. The number of unbranched alkanes of at least 4 members (excludes halogenated alkanes) is 9. The van der Waals surface area contributed by atoms with Gasteiger partial charge in [0, 0.05) is 19.3 Å². The number of carboxylic acid groups (broad SMARTS) is 1. The molecule has 0 saturated carbocycles. The Kier molecular flexibility index (Phi) is 31.2. The molecule has 8 heteroatoms. The summed E-state index contributed by atoms with van der Waals surface area (Å²) in [7, 11) is 5.37. The first-order chi connectivity index (χ1) is 24.1. The summed E-state index contributed by atoms with van der Waals surface area (Å²) in [6.45, 7) is 4.40. The molecule has 0 aromatic heterocycles. The minimum absolute atomic E-state index is 0.0176. The van der Waals surface area contributed by atoms with Crippen molar-refractivity contribution >= 4 is 17.9 Å². The van der Waals surface area contributed by atoms with E-state index in [1.807, 2.05) is 6.08 Å². The average Bonchev–Trinajstić information content (AvgIpc) is 3.06. The molecule has 0 spiro atoms. The number of carbonyl (C=O) groups excluding carboxylic acids is 3. The van der Waals surface area contributed by atoms with Crippen molar-refractivity contribution in [3.8, 4) is 0 Å². The van der Waals surface area contributed by atoms with E-state index in [0.717, 1.165) is 70.6 Å². The number of esters is 2. The highest BCUT2D eigenvalue weighted by molar-refractivity contribution is 5.70. The molecule has 8 nitrogen and oxygen atoms in total. The third-order valence-electron chi connectivity index (χ3n) is 8.15. The van der Waals surface area contributed by atoms with Gasteiger partial charge in [0.15, 0.2) is 6.10 Å². The standard InChI is InChI=1S/C42H71NO7/c1-6-8-10-12-14-15-16-17-18-19-20-21-22-23-24-25-27-28-30-32-40(44)49-37-38(36-48-35-34-39(42(46)47)43(3,4)5)50-41(45)33-31-29-26-13-11-9-7-2/h8,10,14-15,17-18,20-21,26,29,38-39H,6-7,9,11-13,16,19,22-25,27-28,30-37H2,1-5H3/b10-8+,15-14+,18-17+,21-20+,29-26+. The third kappa shape index (κ3) is 31.0. The van der Waals surface area contributed by atoms with E-state index in [9.17, 15) is 19.5 Å². The van der Waals surface area contributed by atoms with Crippen molar-refractivity contribution in [1.82, 2.24) is 0 Å². The Balaban J connectivity index is 4.33. The van der Waals surface area contributed by atoms with Crippen LogP contribution in [-0.4, -0.2) is 75.5 Å². The van der Waals surface area contributed by atoms with Crippen LogP contribution in [0.5, 0.6) is 0 Å². The fraction of sp³-hybridized carbons (Fsp3) is 0.690. The Bertz CT molecular complexity index is 1010. The van der Waals surface area contributed by atoms with Crippen molar-refractivity contribution < 1.29 is 38.2 Å². The molecule has 0 aromatic rings. The summed E-state index contributed by atoms with van der Waals surface area (Å²) in [4.78, 5) is 36.5. The smallest absolute Gasteiger partial charge is 0.306 e. The highest BCUT2D eigenvalue weighted by Gasteiger charge is 2.25. The molecule has 2 atom stereocenters. The van der Waals surface area contributed by atoms with Crippen LogP contribution in [0.1, 0.15) is 136 Å². The zero-order valence-corrected chi connectivity index (χ0v) is 32.3. The van der Waals surface area contributed by atoms with E-state index in [1.165, 1.54) is 25.7 Å². The maximum Gasteiger partial charge on any atom is 0.306 e. The molecule has 0 aliphatic rings. The van der Waals surface area contributed by atoms with Gasteiger partial charge in [-0.05, 0) is 64.2 Å². The van der Waals surface area contributed by atoms with Crippen LogP contribution >= 0.6 is 0 Å². The molecule has 0 N–H and O–H groups in total. The second-order valence-electron chi connectivity index (χ2n) is 13.8. The van der Waals surface area contributed by atoms with Crippen LogP contribution < -0.4 is 5.11 Å². The van der Waals surface area contributed by atoms with Crippen molar-refractivity contribution in [2.45, 2.75) is 148 Å². The maximum absolute atomic E-state index is 12.5. The van der Waals surface area contributed by atoms with Gasteiger partial charge < -0.3 is 28.6 Å². The Morgan fingerprint density at radius 1 is 0.620 bits per heavy atom. The summed E-state index contributed by atoms with van der Waals surface area (Å²) >= 11 is 0. The number of allylic oxidation sites excluding steroid dienone is 10. The maximum atomic E-state index is 12.5. The molecule has 0 saturated heterocycles.